The molecule has 4 heteroatoms. The molecule has 0 radical (unpaired) electrons. The Labute approximate surface area is 81.6 Å². The first-order chi connectivity index (χ1) is 6.59. The van der Waals surface area contributed by atoms with Crippen molar-refractivity contribution in [1.29, 1.82) is 0 Å². The van der Waals surface area contributed by atoms with Crippen molar-refractivity contribution in [1.82, 2.24) is 5.32 Å². The van der Waals surface area contributed by atoms with Crippen molar-refractivity contribution >= 4 is 11.7 Å². The molecule has 0 aliphatic carbocycles. The highest BCUT2D eigenvalue weighted by atomic mass is 16.3. The standard InChI is InChI=1S/C10H11NO3/c1-7(6-8(2)12)11-10(13)9-4-3-5-14-9/h3-6H,1-2H3,(H,11,13)/b7-6-. The van der Waals surface area contributed by atoms with E-state index in [2.05, 4.69) is 5.32 Å². The molecule has 0 aliphatic rings. The first kappa shape index (κ1) is 10.2. The van der Waals surface area contributed by atoms with Crippen LogP contribution >= 0.6 is 0 Å². The monoisotopic (exact) mass is 193 g/mol. The Kier molecular flexibility index (Phi) is 3.23. The summed E-state index contributed by atoms with van der Waals surface area (Å²) in [5.41, 5.74) is 0.499. The highest BCUT2D eigenvalue weighted by Crippen LogP contribution is 2.00. The van der Waals surface area contributed by atoms with E-state index in [0.717, 1.165) is 0 Å². The molecular weight excluding hydrogens is 182 g/mol. The number of hydrogen-bond acceptors (Lipinski definition) is 3. The third-order valence-electron chi connectivity index (χ3n) is 1.48. The van der Waals surface area contributed by atoms with E-state index >= 15 is 0 Å². The predicted octanol–water partition coefficient (Wildman–Crippen LogP) is 1.50. The summed E-state index contributed by atoms with van der Waals surface area (Å²) in [6.07, 6.45) is 2.76. The second kappa shape index (κ2) is 4.41. The van der Waals surface area contributed by atoms with Gasteiger partial charge in [-0.05, 0) is 32.1 Å². The first-order valence-electron chi connectivity index (χ1n) is 4.13. The summed E-state index contributed by atoms with van der Waals surface area (Å²) >= 11 is 0. The van der Waals surface area contributed by atoms with E-state index in [0.29, 0.717) is 5.70 Å². The van der Waals surface area contributed by atoms with Gasteiger partial charge in [-0.25, -0.2) is 0 Å². The molecule has 1 aromatic heterocycles. The molecule has 4 nitrogen and oxygen atoms in total. The molecule has 0 unspecified atom stereocenters. The zero-order valence-corrected chi connectivity index (χ0v) is 8.03. The number of hydrogen-bond donors (Lipinski definition) is 1. The maximum absolute atomic E-state index is 11.3. The summed E-state index contributed by atoms with van der Waals surface area (Å²) in [5.74, 6) is -0.242. The molecule has 1 amide bonds. The maximum atomic E-state index is 11.3. The molecule has 0 saturated carbocycles. The molecule has 0 bridgehead atoms. The molecule has 1 heterocycles. The molecule has 0 aromatic carbocycles. The van der Waals surface area contributed by atoms with Crippen molar-refractivity contribution in [2.24, 2.45) is 0 Å². The van der Waals surface area contributed by atoms with Crippen LogP contribution in [0, 0.1) is 0 Å². The molecule has 74 valence electrons. The summed E-state index contributed by atoms with van der Waals surface area (Å²) in [6.45, 7) is 3.06. The largest absolute Gasteiger partial charge is 0.459 e. The fourth-order valence-corrected chi connectivity index (χ4v) is 0.989. The molecule has 1 N–H and O–H groups in total. The molecule has 0 spiro atoms. The van der Waals surface area contributed by atoms with E-state index in [1.807, 2.05) is 0 Å². The van der Waals surface area contributed by atoms with Crippen molar-refractivity contribution in [3.05, 3.63) is 35.9 Å². The lowest BCUT2D eigenvalue weighted by molar-refractivity contribution is -0.112. The lowest BCUT2D eigenvalue weighted by atomic mass is 10.3. The normalized spacial score (nSPS) is 11.1. The maximum Gasteiger partial charge on any atom is 0.291 e. The van der Waals surface area contributed by atoms with Crippen LogP contribution in [0.2, 0.25) is 0 Å². The number of furan rings is 1. The van der Waals surface area contributed by atoms with Crippen LogP contribution in [-0.4, -0.2) is 11.7 Å². The highest BCUT2D eigenvalue weighted by Gasteiger charge is 2.07. The number of allylic oxidation sites excluding steroid dienone is 2. The second-order valence-corrected chi connectivity index (χ2v) is 2.87. The van der Waals surface area contributed by atoms with Gasteiger partial charge in [-0.2, -0.15) is 0 Å². The second-order valence-electron chi connectivity index (χ2n) is 2.87. The Balaban J connectivity index is 2.62. The Hall–Kier alpha value is -1.84. The molecule has 0 aliphatic heterocycles. The van der Waals surface area contributed by atoms with Crippen LogP contribution < -0.4 is 5.32 Å². The number of nitrogens with one attached hydrogen (secondary N) is 1. The van der Waals surface area contributed by atoms with Crippen molar-refractivity contribution in [3.8, 4) is 0 Å². The van der Waals surface area contributed by atoms with Gasteiger partial charge in [-0.1, -0.05) is 0 Å². The lowest BCUT2D eigenvalue weighted by Crippen LogP contribution is -2.21. The zero-order valence-electron chi connectivity index (χ0n) is 8.03. The Bertz CT molecular complexity index is 363. The number of ketones is 1. The van der Waals surface area contributed by atoms with Gasteiger partial charge >= 0.3 is 0 Å². The number of rotatable bonds is 3. The van der Waals surface area contributed by atoms with Gasteiger partial charge in [0.25, 0.3) is 5.91 Å². The summed E-state index contributed by atoms with van der Waals surface area (Å²) in [6, 6.07) is 3.18. The van der Waals surface area contributed by atoms with Crippen LogP contribution in [0.1, 0.15) is 24.4 Å². The summed E-state index contributed by atoms with van der Waals surface area (Å²) < 4.78 is 4.88. The fraction of sp³-hybridized carbons (Fsp3) is 0.200. The molecule has 0 atom stereocenters. The highest BCUT2D eigenvalue weighted by molar-refractivity contribution is 5.94. The van der Waals surface area contributed by atoms with Gasteiger partial charge < -0.3 is 9.73 Å². The third-order valence-corrected chi connectivity index (χ3v) is 1.48. The molecule has 1 rings (SSSR count). The van der Waals surface area contributed by atoms with Crippen molar-refractivity contribution in [2.75, 3.05) is 0 Å². The minimum atomic E-state index is -0.356. The molecule has 0 fully saturated rings. The average molecular weight is 193 g/mol. The van der Waals surface area contributed by atoms with Crippen LogP contribution in [-0.2, 0) is 4.79 Å². The van der Waals surface area contributed by atoms with Crippen molar-refractivity contribution in [3.63, 3.8) is 0 Å². The van der Waals surface area contributed by atoms with Gasteiger partial charge in [0.2, 0.25) is 0 Å². The summed E-state index contributed by atoms with van der Waals surface area (Å²) in [4.78, 5) is 22.0. The molecule has 14 heavy (non-hydrogen) atoms. The number of carbonyl (C=O) groups excluding carboxylic acids is 2. The van der Waals surface area contributed by atoms with Gasteiger partial charge in [0.05, 0.1) is 6.26 Å². The Morgan fingerprint density at radius 1 is 1.43 bits per heavy atom. The van der Waals surface area contributed by atoms with E-state index in [1.165, 1.54) is 19.3 Å². The topological polar surface area (TPSA) is 59.3 Å². The summed E-state index contributed by atoms with van der Waals surface area (Å²) in [5, 5.41) is 2.52. The zero-order chi connectivity index (χ0) is 10.6. The van der Waals surface area contributed by atoms with E-state index < -0.39 is 0 Å². The third kappa shape index (κ3) is 2.90. The lowest BCUT2D eigenvalue weighted by Gasteiger charge is -2.01. The van der Waals surface area contributed by atoms with Crippen LogP contribution in [0.4, 0.5) is 0 Å². The van der Waals surface area contributed by atoms with Gasteiger partial charge in [0.1, 0.15) is 0 Å². The average Bonchev–Trinajstić information content (AvgIpc) is 2.53. The van der Waals surface area contributed by atoms with Crippen molar-refractivity contribution in [2.45, 2.75) is 13.8 Å². The summed E-state index contributed by atoms with van der Waals surface area (Å²) in [7, 11) is 0. The smallest absolute Gasteiger partial charge is 0.291 e. The quantitative estimate of drug-likeness (QED) is 0.740. The van der Waals surface area contributed by atoms with Gasteiger partial charge in [-0.3, -0.25) is 9.59 Å². The first-order valence-corrected chi connectivity index (χ1v) is 4.13. The van der Waals surface area contributed by atoms with E-state index in [4.69, 9.17) is 4.42 Å². The Morgan fingerprint density at radius 2 is 2.14 bits per heavy atom. The van der Waals surface area contributed by atoms with E-state index in [1.54, 1.807) is 19.1 Å². The number of amides is 1. The van der Waals surface area contributed by atoms with Crippen LogP contribution in [0.15, 0.2) is 34.6 Å². The van der Waals surface area contributed by atoms with Gasteiger partial charge in [0, 0.05) is 5.70 Å². The van der Waals surface area contributed by atoms with E-state index in [9.17, 15) is 9.59 Å². The Morgan fingerprint density at radius 3 is 2.64 bits per heavy atom. The van der Waals surface area contributed by atoms with Gasteiger partial charge in [-0.15, -0.1) is 0 Å². The van der Waals surface area contributed by atoms with Crippen molar-refractivity contribution < 1.29 is 14.0 Å². The minimum absolute atomic E-state index is 0.109. The molecule has 0 saturated heterocycles. The van der Waals surface area contributed by atoms with Gasteiger partial charge in [0.15, 0.2) is 11.5 Å². The minimum Gasteiger partial charge on any atom is -0.459 e. The number of carbonyl (C=O) groups is 2. The van der Waals surface area contributed by atoms with Crippen LogP contribution in [0.5, 0.6) is 0 Å². The SMILES string of the molecule is CC(=O)/C=C(/C)NC(=O)c1ccco1. The van der Waals surface area contributed by atoms with E-state index in [-0.39, 0.29) is 17.5 Å². The predicted molar refractivity (Wildman–Crippen MR) is 50.6 cm³/mol. The fourth-order valence-electron chi connectivity index (χ4n) is 0.989. The molecule has 1 aromatic rings. The molecular formula is C10H11NO3. The van der Waals surface area contributed by atoms with Crippen LogP contribution in [0.25, 0.3) is 0 Å². The van der Waals surface area contributed by atoms with Crippen LogP contribution in [0.3, 0.4) is 0 Å².